The van der Waals surface area contributed by atoms with Gasteiger partial charge in [0.2, 0.25) is 41.4 Å². The minimum Gasteiger partial charge on any atom is -0.506 e. The Morgan fingerprint density at radius 1 is 0.880 bits per heavy atom. The fourth-order valence-electron chi connectivity index (χ4n) is 9.89. The zero-order valence-corrected chi connectivity index (χ0v) is 50.0. The van der Waals surface area contributed by atoms with Crippen molar-refractivity contribution in [1.82, 2.24) is 37.2 Å². The van der Waals surface area contributed by atoms with E-state index in [1.165, 1.54) is 21.0 Å². The topological polar surface area (TPSA) is 454 Å². The zero-order valence-electron chi connectivity index (χ0n) is 48.4. The van der Waals surface area contributed by atoms with Gasteiger partial charge in [-0.05, 0) is 71.3 Å². The van der Waals surface area contributed by atoms with Crippen LogP contribution in [0.25, 0.3) is 0 Å². The first-order valence-electron chi connectivity index (χ1n) is 27.1. The maximum absolute atomic E-state index is 14.4. The van der Waals surface area contributed by atoms with Gasteiger partial charge in [-0.25, -0.2) is 0 Å². The first-order chi connectivity index (χ1) is 38.5. The Hall–Kier alpha value is -5.38. The third-order valence-electron chi connectivity index (χ3n) is 15.0. The summed E-state index contributed by atoms with van der Waals surface area (Å²) in [5.41, 5.74) is -0.854. The Balaban J connectivity index is 1.75. The largest absolute Gasteiger partial charge is 0.506 e. The van der Waals surface area contributed by atoms with E-state index >= 15 is 0 Å². The van der Waals surface area contributed by atoms with E-state index in [4.69, 9.17) is 25.8 Å². The third kappa shape index (κ3) is 19.8. The number of rotatable bonds is 26. The minimum absolute atomic E-state index is 0.227. The number of halogens is 1. The molecule has 0 aliphatic carbocycles. The third-order valence-corrected chi connectivity index (χ3v) is 15.7. The van der Waals surface area contributed by atoms with Crippen LogP contribution in [0, 0.1) is 36.5 Å². The summed E-state index contributed by atoms with van der Waals surface area (Å²) in [6.07, 6.45) is -11.6. The normalized spacial score (nSPS) is 27.0. The number of ether oxygens (including phenoxy) is 3. The highest BCUT2D eigenvalue weighted by Crippen LogP contribution is 2.41. The van der Waals surface area contributed by atoms with Gasteiger partial charge in [-0.3, -0.25) is 42.9 Å². The molecule has 472 valence electrons. The number of hydrogen-bond donors (Lipinski definition) is 15. The van der Waals surface area contributed by atoms with Crippen molar-refractivity contribution in [2.24, 2.45) is 29.6 Å². The number of methoxy groups -OCH3 is 1. The Kier molecular flexibility index (Phi) is 27.4. The smallest absolute Gasteiger partial charge is 0.446 e. The van der Waals surface area contributed by atoms with Gasteiger partial charge in [-0.15, -0.1) is 0 Å². The van der Waals surface area contributed by atoms with E-state index in [-0.39, 0.29) is 17.9 Å². The number of phenolic OH excluding ortho intramolecular Hbond substituents is 1. The van der Waals surface area contributed by atoms with Crippen LogP contribution in [0.15, 0.2) is 6.07 Å². The number of ketones is 1. The summed E-state index contributed by atoms with van der Waals surface area (Å²) < 4.78 is 54.3. The van der Waals surface area contributed by atoms with E-state index in [0.717, 1.165) is 26.8 Å². The molecule has 0 radical (unpaired) electrons. The highest BCUT2D eigenvalue weighted by molar-refractivity contribution is 7.81. The van der Waals surface area contributed by atoms with Crippen molar-refractivity contribution in [1.29, 1.82) is 0 Å². The van der Waals surface area contributed by atoms with Crippen molar-refractivity contribution >= 4 is 69.1 Å². The number of aliphatic hydroxyl groups excluding tert-OH is 6. The van der Waals surface area contributed by atoms with Gasteiger partial charge in [-0.1, -0.05) is 59.6 Å². The molecule has 0 saturated carbocycles. The van der Waals surface area contributed by atoms with E-state index in [2.05, 4.69) is 41.4 Å². The number of nitrogens with one attached hydrogen (secondary N) is 7. The molecule has 0 aromatic heterocycles. The number of amides is 7. The number of hydrogen-bond acceptors (Lipinski definition) is 21. The van der Waals surface area contributed by atoms with Crippen molar-refractivity contribution in [2.75, 3.05) is 20.3 Å². The number of carbonyl (C=O) groups is 8. The number of carbonyl (C=O) groups excluding carboxylic acids is 8. The second kappa shape index (κ2) is 31.7. The number of aliphatic hydroxyl groups is 6. The summed E-state index contributed by atoms with van der Waals surface area (Å²) in [7, 11) is -3.99. The summed E-state index contributed by atoms with van der Waals surface area (Å²) in [5.74, 6) is -12.2. The van der Waals surface area contributed by atoms with Gasteiger partial charge in [-0.2, -0.15) is 8.42 Å². The molecule has 31 heteroatoms. The lowest BCUT2D eigenvalue weighted by molar-refractivity contribution is -0.325. The lowest BCUT2D eigenvalue weighted by Gasteiger charge is -2.44. The predicted molar refractivity (Wildman–Crippen MR) is 293 cm³/mol. The van der Waals surface area contributed by atoms with Gasteiger partial charge in [0.05, 0.1) is 55.1 Å². The second-order valence-corrected chi connectivity index (χ2v) is 23.2. The van der Waals surface area contributed by atoms with E-state index < -0.39 is 214 Å². The van der Waals surface area contributed by atoms with Gasteiger partial charge < -0.3 is 91.4 Å². The zero-order chi connectivity index (χ0) is 63.3. The Labute approximate surface area is 487 Å². The Morgan fingerprint density at radius 3 is 2.06 bits per heavy atom. The molecular formula is C52H84ClN7O22S. The van der Waals surface area contributed by atoms with Crippen molar-refractivity contribution < 1.29 is 105 Å². The predicted octanol–water partition coefficient (Wildman–Crippen LogP) is -2.42. The molecule has 1 aromatic rings. The van der Waals surface area contributed by atoms with Crippen LogP contribution in [0.3, 0.4) is 0 Å². The lowest BCUT2D eigenvalue weighted by atomic mass is 9.80. The number of Topliss-reactive ketones (excluding diaryl/α,β-unsaturated/α-hetero) is 1. The van der Waals surface area contributed by atoms with E-state index in [1.54, 1.807) is 34.6 Å². The highest BCUT2D eigenvalue weighted by Gasteiger charge is 2.48. The molecule has 15 N–H and O–H groups in total. The van der Waals surface area contributed by atoms with Crippen LogP contribution in [0.1, 0.15) is 112 Å². The van der Waals surface area contributed by atoms with Crippen LogP contribution in [-0.2, 0) is 63.0 Å². The SMILES string of the molecule is CC[C@H](C)[C@@H]1NC(=O)[C@@H](c2cc(OS(=O)(=O)O)c(C)c(O)c2Cl)NC(=O)[C@H](NC(=O)[C@H](C)NC(=O)[C@H](NC(=O)CC(=O)C(C)CC(C)CC(C)C(O)C(C)C(O[C@@H]2O[C@H](CO)[C@@H](OC)[C@H](O)[C@H]2O)C(C)O)[C@@H](C)O)[C@@H](C)NC(=O)CNC1=O. The van der Waals surface area contributed by atoms with Crippen LogP contribution in [0.5, 0.6) is 11.5 Å². The van der Waals surface area contributed by atoms with Crippen molar-refractivity contribution in [3.8, 4) is 11.5 Å². The molecule has 7 unspecified atom stereocenters. The summed E-state index contributed by atoms with van der Waals surface area (Å²) in [6, 6.07) is -9.16. The molecule has 2 saturated heterocycles. The lowest BCUT2D eigenvalue weighted by Crippen LogP contribution is -2.62. The Bertz CT molecular complexity index is 2560. The van der Waals surface area contributed by atoms with Gasteiger partial charge in [0.1, 0.15) is 66.2 Å². The molecule has 0 spiro atoms. The highest BCUT2D eigenvalue weighted by atomic mass is 35.5. The molecule has 29 nitrogen and oxygen atoms in total. The van der Waals surface area contributed by atoms with Crippen molar-refractivity contribution in [3.05, 3.63) is 22.2 Å². The fourth-order valence-corrected chi connectivity index (χ4v) is 10.6. The fraction of sp³-hybridized carbons (Fsp3) is 0.731. The molecule has 7 amide bonds. The molecule has 3 rings (SSSR count). The Morgan fingerprint density at radius 2 is 1.51 bits per heavy atom. The van der Waals surface area contributed by atoms with Crippen LogP contribution in [0.4, 0.5) is 0 Å². The van der Waals surface area contributed by atoms with Crippen LogP contribution in [-0.4, -0.2) is 201 Å². The molecule has 83 heavy (non-hydrogen) atoms. The number of phenols is 1. The van der Waals surface area contributed by atoms with Crippen molar-refractivity contribution in [3.63, 3.8) is 0 Å². The molecule has 1 aromatic carbocycles. The average molecular weight is 1230 g/mol. The summed E-state index contributed by atoms with van der Waals surface area (Å²) in [6.45, 7) is 14.9. The molecule has 20 atom stereocenters. The number of aromatic hydroxyl groups is 1. The summed E-state index contributed by atoms with van der Waals surface area (Å²) in [4.78, 5) is 109. The van der Waals surface area contributed by atoms with Gasteiger partial charge in [0.25, 0.3) is 0 Å². The monoisotopic (exact) mass is 1230 g/mol. The van der Waals surface area contributed by atoms with Gasteiger partial charge in [0.15, 0.2) is 12.0 Å². The summed E-state index contributed by atoms with van der Waals surface area (Å²) >= 11 is 6.48. The van der Waals surface area contributed by atoms with Crippen LogP contribution >= 0.6 is 11.6 Å². The van der Waals surface area contributed by atoms with E-state index in [9.17, 15) is 87.1 Å². The molecular weight excluding hydrogens is 1140 g/mol. The molecule has 2 fully saturated rings. The molecule has 2 aliphatic rings. The first kappa shape index (κ1) is 71.9. The molecule has 2 heterocycles. The standard InChI is InChI=1S/C52H84ClN7O22S/c1-13-21(3)37-48(72)54-18-35(66)55-26(8)38(49(73)60-40(51(75)58-37)30-16-32(82-83(76,77)78)24(6)42(68)36(30)53)59-47(71)27(9)56-50(74)39(28(10)62)57-34(65)17-31(64)22(4)14-20(2)15-23(5)41(67)25(7)45(29(11)63)81-52-44(70)43(69)46(79-12)33(19-61)80-52/h16,20-23,25-29,33,37-41,43-46,52,61-63,67-70H,13-15,17-19H2,1-12H3,(H,54,72)(H,55,66)(H,56,74)(H,57,65)(H,58,75)(H,59,71)(H,60,73)(H,76,77,78)/t20?,21-,22?,23?,25?,26+,27-,28+,29?,33+,37-,38+,39+,40+,41?,43+,44+,45?,46+,52-/m0/s1. The maximum atomic E-state index is 14.4. The quantitative estimate of drug-likeness (QED) is 0.0339. The molecule has 2 aliphatic heterocycles. The van der Waals surface area contributed by atoms with Crippen molar-refractivity contribution in [2.45, 2.75) is 193 Å². The van der Waals surface area contributed by atoms with Gasteiger partial charge in [0, 0.05) is 30.1 Å². The molecule has 0 bridgehead atoms. The van der Waals surface area contributed by atoms with Crippen LogP contribution < -0.4 is 41.4 Å². The summed E-state index contributed by atoms with van der Waals surface area (Å²) in [5, 5.41) is 90.7. The number of benzene rings is 1. The van der Waals surface area contributed by atoms with E-state index in [1.807, 2.05) is 6.92 Å². The minimum atomic E-state index is -5.26. The van der Waals surface area contributed by atoms with E-state index in [0.29, 0.717) is 12.8 Å². The van der Waals surface area contributed by atoms with Gasteiger partial charge >= 0.3 is 10.4 Å². The first-order valence-corrected chi connectivity index (χ1v) is 28.9. The maximum Gasteiger partial charge on any atom is 0.446 e. The van der Waals surface area contributed by atoms with Crippen LogP contribution in [0.2, 0.25) is 5.02 Å². The average Bonchev–Trinajstić information content (AvgIpc) is 3.65. The second-order valence-electron chi connectivity index (χ2n) is 21.8.